The van der Waals surface area contributed by atoms with Crippen LogP contribution >= 0.6 is 12.4 Å². The van der Waals surface area contributed by atoms with Crippen molar-refractivity contribution in [3.8, 4) is 5.75 Å². The van der Waals surface area contributed by atoms with Crippen LogP contribution in [0.1, 0.15) is 30.9 Å². The Morgan fingerprint density at radius 2 is 1.73 bits per heavy atom. The Morgan fingerprint density at radius 3 is 2.35 bits per heavy atom. The van der Waals surface area contributed by atoms with E-state index >= 15 is 0 Å². The van der Waals surface area contributed by atoms with Gasteiger partial charge < -0.3 is 15.4 Å². The molecular weight excluding hydrogens is 355 g/mol. The Hall–Kier alpha value is -2.11. The normalized spacial score (nSPS) is 15.8. The first-order chi connectivity index (χ1) is 12.1. The first-order valence-electron chi connectivity index (χ1n) is 8.62. The molecule has 0 saturated carbocycles. The molecule has 4 nitrogen and oxygen atoms in total. The van der Waals surface area contributed by atoms with Crippen LogP contribution in [0.4, 0.5) is 4.39 Å². The SMILES string of the molecule is Cl.NC(CC(=O)N1CCC(Oc2ccc(F)cc2)CC1)c1ccccc1. The van der Waals surface area contributed by atoms with Crippen LogP contribution in [0.25, 0.3) is 0 Å². The van der Waals surface area contributed by atoms with Crippen LogP contribution in [0.2, 0.25) is 0 Å². The highest BCUT2D eigenvalue weighted by Gasteiger charge is 2.25. The summed E-state index contributed by atoms with van der Waals surface area (Å²) >= 11 is 0. The molecule has 1 amide bonds. The van der Waals surface area contributed by atoms with E-state index in [-0.39, 0.29) is 36.3 Å². The summed E-state index contributed by atoms with van der Waals surface area (Å²) in [5.74, 6) is 0.469. The van der Waals surface area contributed by atoms with Crippen LogP contribution < -0.4 is 10.5 Å². The number of benzene rings is 2. The molecular formula is C20H24ClFN2O2. The molecule has 140 valence electrons. The topological polar surface area (TPSA) is 55.6 Å². The quantitative estimate of drug-likeness (QED) is 0.862. The van der Waals surface area contributed by atoms with Crippen molar-refractivity contribution in [3.63, 3.8) is 0 Å². The predicted molar refractivity (Wildman–Crippen MR) is 102 cm³/mol. The first-order valence-corrected chi connectivity index (χ1v) is 8.62. The molecule has 1 unspecified atom stereocenters. The number of nitrogens with two attached hydrogens (primary N) is 1. The van der Waals surface area contributed by atoms with Crippen molar-refractivity contribution in [1.82, 2.24) is 4.90 Å². The summed E-state index contributed by atoms with van der Waals surface area (Å²) in [6.07, 6.45) is 1.90. The van der Waals surface area contributed by atoms with Crippen molar-refractivity contribution >= 4 is 18.3 Å². The van der Waals surface area contributed by atoms with Gasteiger partial charge in [-0.15, -0.1) is 12.4 Å². The van der Waals surface area contributed by atoms with Gasteiger partial charge in [0.05, 0.1) is 0 Å². The summed E-state index contributed by atoms with van der Waals surface area (Å²) in [6.45, 7) is 1.32. The summed E-state index contributed by atoms with van der Waals surface area (Å²) in [7, 11) is 0. The lowest BCUT2D eigenvalue weighted by molar-refractivity contribution is -0.133. The van der Waals surface area contributed by atoms with E-state index in [0.29, 0.717) is 25.3 Å². The van der Waals surface area contributed by atoms with Gasteiger partial charge in [-0.2, -0.15) is 0 Å². The molecule has 1 aliphatic heterocycles. The Kier molecular flexibility index (Phi) is 7.42. The van der Waals surface area contributed by atoms with Crippen molar-refractivity contribution in [3.05, 3.63) is 66.0 Å². The van der Waals surface area contributed by atoms with E-state index in [4.69, 9.17) is 10.5 Å². The van der Waals surface area contributed by atoms with Gasteiger partial charge in [0.2, 0.25) is 5.91 Å². The van der Waals surface area contributed by atoms with Gasteiger partial charge >= 0.3 is 0 Å². The van der Waals surface area contributed by atoms with Crippen LogP contribution in [-0.2, 0) is 4.79 Å². The largest absolute Gasteiger partial charge is 0.490 e. The molecule has 1 aliphatic rings. The maximum Gasteiger partial charge on any atom is 0.224 e. The molecule has 0 bridgehead atoms. The third-order valence-corrected chi connectivity index (χ3v) is 4.53. The maximum absolute atomic E-state index is 12.9. The molecule has 6 heteroatoms. The van der Waals surface area contributed by atoms with E-state index in [2.05, 4.69) is 0 Å². The third-order valence-electron chi connectivity index (χ3n) is 4.53. The van der Waals surface area contributed by atoms with Gasteiger partial charge in [-0.3, -0.25) is 4.79 Å². The summed E-state index contributed by atoms with van der Waals surface area (Å²) < 4.78 is 18.8. The molecule has 2 aromatic carbocycles. The summed E-state index contributed by atoms with van der Waals surface area (Å²) in [4.78, 5) is 14.3. The molecule has 0 spiro atoms. The molecule has 1 atom stereocenters. The van der Waals surface area contributed by atoms with E-state index in [9.17, 15) is 9.18 Å². The minimum absolute atomic E-state index is 0. The minimum Gasteiger partial charge on any atom is -0.490 e. The number of carbonyl (C=O) groups is 1. The van der Waals surface area contributed by atoms with Gasteiger partial charge in [-0.25, -0.2) is 4.39 Å². The second kappa shape index (κ2) is 9.55. The number of amides is 1. The van der Waals surface area contributed by atoms with Crippen molar-refractivity contribution in [1.29, 1.82) is 0 Å². The monoisotopic (exact) mass is 378 g/mol. The van der Waals surface area contributed by atoms with Crippen LogP contribution in [-0.4, -0.2) is 30.0 Å². The fourth-order valence-corrected chi connectivity index (χ4v) is 3.06. The highest BCUT2D eigenvalue weighted by atomic mass is 35.5. The van der Waals surface area contributed by atoms with Crippen LogP contribution in [0.3, 0.4) is 0 Å². The molecule has 2 N–H and O–H groups in total. The summed E-state index contributed by atoms with van der Waals surface area (Å²) in [6, 6.07) is 15.4. The fraction of sp³-hybridized carbons (Fsp3) is 0.350. The molecule has 0 aliphatic carbocycles. The zero-order chi connectivity index (χ0) is 17.6. The number of halogens is 2. The lowest BCUT2D eigenvalue weighted by atomic mass is 10.0. The lowest BCUT2D eigenvalue weighted by Gasteiger charge is -2.32. The van der Waals surface area contributed by atoms with E-state index in [1.54, 1.807) is 12.1 Å². The second-order valence-corrected chi connectivity index (χ2v) is 6.37. The van der Waals surface area contributed by atoms with E-state index < -0.39 is 0 Å². The Bertz CT molecular complexity index is 689. The Labute approximate surface area is 159 Å². The third kappa shape index (κ3) is 5.44. The molecule has 0 aromatic heterocycles. The van der Waals surface area contributed by atoms with E-state index in [0.717, 1.165) is 18.4 Å². The number of likely N-dealkylation sites (tertiary alicyclic amines) is 1. The van der Waals surface area contributed by atoms with Crippen molar-refractivity contribution in [2.75, 3.05) is 13.1 Å². The zero-order valence-electron chi connectivity index (χ0n) is 14.5. The standard InChI is InChI=1S/C20H23FN2O2.ClH/c21-16-6-8-17(9-7-16)25-18-10-12-23(13-11-18)20(24)14-19(22)15-4-2-1-3-5-15;/h1-9,18-19H,10-14,22H2;1H. The number of rotatable bonds is 5. The van der Waals surface area contributed by atoms with Gasteiger partial charge in [0.15, 0.2) is 0 Å². The molecule has 3 rings (SSSR count). The van der Waals surface area contributed by atoms with Crippen LogP contribution in [0.15, 0.2) is 54.6 Å². The van der Waals surface area contributed by atoms with Gasteiger partial charge in [-0.1, -0.05) is 30.3 Å². The number of piperidine rings is 1. The Morgan fingerprint density at radius 1 is 1.12 bits per heavy atom. The number of ether oxygens (including phenoxy) is 1. The predicted octanol–water partition coefficient (Wildman–Crippen LogP) is 3.71. The molecule has 1 saturated heterocycles. The second-order valence-electron chi connectivity index (χ2n) is 6.37. The van der Waals surface area contributed by atoms with E-state index in [1.807, 2.05) is 35.2 Å². The molecule has 26 heavy (non-hydrogen) atoms. The number of hydrogen-bond donors (Lipinski definition) is 1. The van der Waals surface area contributed by atoms with Gasteiger partial charge in [-0.05, 0) is 29.8 Å². The van der Waals surface area contributed by atoms with Crippen molar-refractivity contribution < 1.29 is 13.9 Å². The highest BCUT2D eigenvalue weighted by Crippen LogP contribution is 2.21. The van der Waals surface area contributed by atoms with Crippen molar-refractivity contribution in [2.24, 2.45) is 5.73 Å². The molecule has 1 heterocycles. The Balaban J connectivity index is 0.00000243. The average molecular weight is 379 g/mol. The zero-order valence-corrected chi connectivity index (χ0v) is 15.3. The van der Waals surface area contributed by atoms with Crippen molar-refractivity contribution in [2.45, 2.75) is 31.4 Å². The molecule has 2 aromatic rings. The maximum atomic E-state index is 12.9. The fourth-order valence-electron chi connectivity index (χ4n) is 3.06. The average Bonchev–Trinajstić information content (AvgIpc) is 2.65. The molecule has 1 fully saturated rings. The smallest absolute Gasteiger partial charge is 0.224 e. The number of hydrogen-bond acceptors (Lipinski definition) is 3. The van der Waals surface area contributed by atoms with Crippen LogP contribution in [0.5, 0.6) is 5.75 Å². The van der Waals surface area contributed by atoms with E-state index in [1.165, 1.54) is 12.1 Å². The minimum atomic E-state index is -0.276. The molecule has 0 radical (unpaired) electrons. The summed E-state index contributed by atoms with van der Waals surface area (Å²) in [5, 5.41) is 0. The first kappa shape index (κ1) is 20.2. The van der Waals surface area contributed by atoms with Gasteiger partial charge in [0.25, 0.3) is 0 Å². The van der Waals surface area contributed by atoms with Crippen LogP contribution in [0, 0.1) is 5.82 Å². The number of carbonyl (C=O) groups excluding carboxylic acids is 1. The lowest BCUT2D eigenvalue weighted by Crippen LogP contribution is -2.42. The number of nitrogens with zero attached hydrogens (tertiary/aromatic N) is 1. The van der Waals surface area contributed by atoms with Gasteiger partial charge in [0.1, 0.15) is 17.7 Å². The van der Waals surface area contributed by atoms with Gasteiger partial charge in [0, 0.05) is 38.4 Å². The summed E-state index contributed by atoms with van der Waals surface area (Å²) in [5.41, 5.74) is 7.12. The highest BCUT2D eigenvalue weighted by molar-refractivity contribution is 5.85.